The van der Waals surface area contributed by atoms with Gasteiger partial charge in [0.05, 0.1) is 0 Å². The van der Waals surface area contributed by atoms with Crippen LogP contribution in [0, 0.1) is 0 Å². The Morgan fingerprint density at radius 1 is 0.933 bits per heavy atom. The summed E-state index contributed by atoms with van der Waals surface area (Å²) in [6, 6.07) is 10.5. The van der Waals surface area contributed by atoms with E-state index < -0.39 is 0 Å². The van der Waals surface area contributed by atoms with Gasteiger partial charge in [-0.2, -0.15) is 0 Å². The average Bonchev–Trinajstić information content (AvgIpc) is 2.47. The minimum absolute atomic E-state index is 1.27. The molecule has 0 saturated heterocycles. The van der Waals surface area contributed by atoms with Gasteiger partial charge in [-0.25, -0.2) is 0 Å². The van der Waals surface area contributed by atoms with Gasteiger partial charge in [0.1, 0.15) is 0 Å². The zero-order valence-corrected chi connectivity index (χ0v) is 9.54. The summed E-state index contributed by atoms with van der Waals surface area (Å²) in [5.41, 5.74) is 6.80. The second kappa shape index (κ2) is 3.90. The minimum Gasteiger partial charge on any atom is -0.0622 e. The van der Waals surface area contributed by atoms with Gasteiger partial charge in [0, 0.05) is 0 Å². The summed E-state index contributed by atoms with van der Waals surface area (Å²) in [7, 11) is 0. The van der Waals surface area contributed by atoms with Crippen molar-refractivity contribution >= 4 is 6.08 Å². The number of hydrogen-bond acceptors (Lipinski definition) is 0. The van der Waals surface area contributed by atoms with E-state index in [9.17, 15) is 0 Å². The molecule has 2 rings (SSSR count). The van der Waals surface area contributed by atoms with E-state index in [0.29, 0.717) is 0 Å². The Balaban J connectivity index is 2.41. The van der Waals surface area contributed by atoms with Crippen molar-refractivity contribution in [1.82, 2.24) is 0 Å². The lowest BCUT2D eigenvalue weighted by Gasteiger charge is -2.03. The molecule has 15 heavy (non-hydrogen) atoms. The highest BCUT2D eigenvalue weighted by molar-refractivity contribution is 5.69. The molecule has 0 heterocycles. The lowest BCUT2D eigenvalue weighted by Crippen LogP contribution is -1.83. The van der Waals surface area contributed by atoms with Crippen LogP contribution in [0.2, 0.25) is 0 Å². The van der Waals surface area contributed by atoms with E-state index in [1.54, 1.807) is 0 Å². The van der Waals surface area contributed by atoms with Gasteiger partial charge in [0.2, 0.25) is 0 Å². The molecule has 0 atom stereocenters. The molecule has 0 amide bonds. The zero-order chi connectivity index (χ0) is 10.8. The lowest BCUT2D eigenvalue weighted by atomic mass is 10.0. The van der Waals surface area contributed by atoms with Crippen molar-refractivity contribution in [1.29, 1.82) is 0 Å². The molecule has 0 heteroatoms. The van der Waals surface area contributed by atoms with Gasteiger partial charge >= 0.3 is 0 Å². The van der Waals surface area contributed by atoms with Crippen LogP contribution >= 0.6 is 0 Å². The normalized spacial score (nSPS) is 18.6. The largest absolute Gasteiger partial charge is 0.0622 e. The Bertz CT molecular complexity index is 456. The molecule has 1 aromatic rings. The molecule has 0 nitrogen and oxygen atoms in total. The van der Waals surface area contributed by atoms with Crippen LogP contribution in [0.25, 0.3) is 6.08 Å². The number of allylic oxidation sites excluding steroid dienone is 5. The highest BCUT2D eigenvalue weighted by Gasteiger charge is 2.11. The van der Waals surface area contributed by atoms with Crippen LogP contribution in [0.15, 0.2) is 58.7 Å². The van der Waals surface area contributed by atoms with Gasteiger partial charge in [-0.3, -0.25) is 0 Å². The summed E-state index contributed by atoms with van der Waals surface area (Å²) in [6.45, 7) is 6.54. The maximum absolute atomic E-state index is 2.26. The first kappa shape index (κ1) is 9.97. The van der Waals surface area contributed by atoms with Gasteiger partial charge in [-0.1, -0.05) is 36.4 Å². The average molecular weight is 196 g/mol. The molecule has 1 aliphatic rings. The maximum Gasteiger partial charge on any atom is -0.0189 e. The van der Waals surface area contributed by atoms with Gasteiger partial charge in [-0.15, -0.1) is 0 Å². The van der Waals surface area contributed by atoms with Crippen molar-refractivity contribution in [2.45, 2.75) is 20.8 Å². The highest BCUT2D eigenvalue weighted by atomic mass is 14.2. The number of rotatable bonds is 1. The Kier molecular flexibility index (Phi) is 2.59. The van der Waals surface area contributed by atoms with Crippen LogP contribution in [0.3, 0.4) is 0 Å². The Labute approximate surface area is 91.6 Å². The highest BCUT2D eigenvalue weighted by Crippen LogP contribution is 2.31. The second-order valence-corrected chi connectivity index (χ2v) is 4.10. The summed E-state index contributed by atoms with van der Waals surface area (Å²) in [6.07, 6.45) is 4.52. The van der Waals surface area contributed by atoms with Gasteiger partial charge < -0.3 is 0 Å². The van der Waals surface area contributed by atoms with E-state index in [4.69, 9.17) is 0 Å². The van der Waals surface area contributed by atoms with Crippen molar-refractivity contribution in [2.24, 2.45) is 0 Å². The topological polar surface area (TPSA) is 0 Å². The van der Waals surface area contributed by atoms with Crippen LogP contribution < -0.4 is 0 Å². The van der Waals surface area contributed by atoms with Crippen LogP contribution in [-0.2, 0) is 0 Å². The molecular formula is C15H16. The third-order valence-electron chi connectivity index (χ3n) is 2.96. The van der Waals surface area contributed by atoms with E-state index in [1.807, 2.05) is 6.07 Å². The maximum atomic E-state index is 2.26. The Morgan fingerprint density at radius 2 is 1.60 bits per heavy atom. The summed E-state index contributed by atoms with van der Waals surface area (Å²) in [5.74, 6) is 0. The molecule has 0 aliphatic heterocycles. The van der Waals surface area contributed by atoms with Gasteiger partial charge in [0.25, 0.3) is 0 Å². The molecule has 0 radical (unpaired) electrons. The van der Waals surface area contributed by atoms with Crippen molar-refractivity contribution in [3.05, 3.63) is 64.3 Å². The molecular weight excluding hydrogens is 180 g/mol. The molecule has 0 saturated carbocycles. The molecule has 0 aromatic heterocycles. The van der Waals surface area contributed by atoms with E-state index in [2.05, 4.69) is 57.2 Å². The summed E-state index contributed by atoms with van der Waals surface area (Å²) in [5, 5.41) is 0. The summed E-state index contributed by atoms with van der Waals surface area (Å²) >= 11 is 0. The lowest BCUT2D eigenvalue weighted by molar-refractivity contribution is 1.36. The fraction of sp³-hybridized carbons (Fsp3) is 0.200. The molecule has 1 aromatic carbocycles. The number of hydrogen-bond donors (Lipinski definition) is 0. The standard InChI is InChI=1S/C15H16/c1-11-9-12(2)15(13(11)3)10-14-7-5-4-6-8-14/h4-10H,1-3H3/b15-10+. The molecule has 76 valence electrons. The summed E-state index contributed by atoms with van der Waals surface area (Å²) in [4.78, 5) is 0. The Morgan fingerprint density at radius 3 is 2.13 bits per heavy atom. The molecule has 1 aliphatic carbocycles. The third-order valence-corrected chi connectivity index (χ3v) is 2.96. The molecule has 0 spiro atoms. The van der Waals surface area contributed by atoms with Crippen LogP contribution in [0.4, 0.5) is 0 Å². The fourth-order valence-corrected chi connectivity index (χ4v) is 1.96. The Hall–Kier alpha value is -1.56. The van der Waals surface area contributed by atoms with Crippen molar-refractivity contribution in [2.75, 3.05) is 0 Å². The molecule has 0 fully saturated rings. The number of benzene rings is 1. The zero-order valence-electron chi connectivity index (χ0n) is 9.54. The predicted molar refractivity (Wildman–Crippen MR) is 66.6 cm³/mol. The molecule has 0 N–H and O–H groups in total. The summed E-state index contributed by atoms with van der Waals surface area (Å²) < 4.78 is 0. The van der Waals surface area contributed by atoms with E-state index in [0.717, 1.165) is 0 Å². The first-order chi connectivity index (χ1) is 7.18. The molecule has 0 unspecified atom stereocenters. The first-order valence-corrected chi connectivity index (χ1v) is 5.32. The van der Waals surface area contributed by atoms with E-state index in [-0.39, 0.29) is 0 Å². The fourth-order valence-electron chi connectivity index (χ4n) is 1.96. The van der Waals surface area contributed by atoms with Gasteiger partial charge in [-0.05, 0) is 54.7 Å². The van der Waals surface area contributed by atoms with Crippen molar-refractivity contribution in [3.8, 4) is 0 Å². The monoisotopic (exact) mass is 196 g/mol. The van der Waals surface area contributed by atoms with E-state index >= 15 is 0 Å². The first-order valence-electron chi connectivity index (χ1n) is 5.32. The van der Waals surface area contributed by atoms with Crippen molar-refractivity contribution < 1.29 is 0 Å². The van der Waals surface area contributed by atoms with E-state index in [1.165, 1.54) is 27.9 Å². The van der Waals surface area contributed by atoms with Crippen LogP contribution in [0.5, 0.6) is 0 Å². The molecule has 0 bridgehead atoms. The smallest absolute Gasteiger partial charge is 0.0189 e. The van der Waals surface area contributed by atoms with Crippen molar-refractivity contribution in [3.63, 3.8) is 0 Å². The van der Waals surface area contributed by atoms with Gasteiger partial charge in [0.15, 0.2) is 0 Å². The third kappa shape index (κ3) is 1.94. The van der Waals surface area contributed by atoms with Crippen LogP contribution in [-0.4, -0.2) is 0 Å². The predicted octanol–water partition coefficient (Wildman–Crippen LogP) is 4.37. The minimum atomic E-state index is 1.27. The second-order valence-electron chi connectivity index (χ2n) is 4.10. The SMILES string of the molecule is CC1=CC(C)=C(C)/C1=C/c1ccccc1. The van der Waals surface area contributed by atoms with Crippen LogP contribution in [0.1, 0.15) is 26.3 Å². The quantitative estimate of drug-likeness (QED) is 0.625.